The summed E-state index contributed by atoms with van der Waals surface area (Å²) in [7, 11) is 0. The molecular formula is C16H28N4O6. The fraction of sp³-hybridized carbons (Fsp3) is 0.688. The van der Waals surface area contributed by atoms with Crippen LogP contribution in [0.15, 0.2) is 0 Å². The van der Waals surface area contributed by atoms with Crippen molar-refractivity contribution >= 4 is 29.5 Å². The first-order valence-electron chi connectivity index (χ1n) is 8.35. The monoisotopic (exact) mass is 372 g/mol. The normalized spacial score (nSPS) is 13.8. The highest BCUT2D eigenvalue weighted by molar-refractivity contribution is 5.89. The van der Waals surface area contributed by atoms with Crippen molar-refractivity contribution in [1.82, 2.24) is 21.3 Å². The first kappa shape index (κ1) is 23.5. The Balaban J connectivity index is 3.94. The van der Waals surface area contributed by atoms with Crippen LogP contribution in [0.25, 0.3) is 0 Å². The van der Waals surface area contributed by atoms with Crippen LogP contribution in [0.2, 0.25) is 0 Å². The van der Waals surface area contributed by atoms with Crippen LogP contribution in [0.4, 0.5) is 0 Å². The summed E-state index contributed by atoms with van der Waals surface area (Å²) in [5.74, 6) is -3.20. The summed E-state index contributed by atoms with van der Waals surface area (Å²) < 4.78 is 0. The van der Waals surface area contributed by atoms with Gasteiger partial charge in [0.25, 0.3) is 0 Å². The number of carboxylic acid groups (broad SMARTS) is 1. The lowest BCUT2D eigenvalue weighted by molar-refractivity contribution is -0.140. The van der Waals surface area contributed by atoms with Gasteiger partial charge in [0.05, 0.1) is 25.0 Å². The summed E-state index contributed by atoms with van der Waals surface area (Å²) in [6, 6.07) is -1.09. The van der Waals surface area contributed by atoms with Crippen molar-refractivity contribution in [3.63, 3.8) is 0 Å². The summed E-state index contributed by atoms with van der Waals surface area (Å²) >= 11 is 0. The maximum Gasteiger partial charge on any atom is 0.304 e. The number of ketones is 1. The molecule has 0 saturated carbocycles. The maximum absolute atomic E-state index is 11.8. The smallest absolute Gasteiger partial charge is 0.304 e. The molecule has 26 heavy (non-hydrogen) atoms. The number of carbonyl (C=O) groups is 5. The van der Waals surface area contributed by atoms with E-state index < -0.39 is 35.8 Å². The standard InChI is InChI=1S/C16H28N4O6/c1-9(7-14(23)24)15(25)19-8-13(22)18-6-5-17-11(3)16(26)20-10(2)12(4)21/h9-11,17H,5-8H2,1-4H3,(H,18,22)(H,19,25)(H,20,26)(H,23,24)/t9?,10-,11-/m0/s1. The van der Waals surface area contributed by atoms with Crippen molar-refractivity contribution in [2.45, 2.75) is 46.2 Å². The SMILES string of the molecule is CC(=O)[C@H](C)NC(=O)[C@H](C)NCCNC(=O)CNC(=O)C(C)CC(=O)O. The minimum atomic E-state index is -1.08. The summed E-state index contributed by atoms with van der Waals surface area (Å²) in [4.78, 5) is 56.6. The van der Waals surface area contributed by atoms with Crippen LogP contribution in [-0.4, -0.2) is 66.3 Å². The minimum Gasteiger partial charge on any atom is -0.481 e. The second-order valence-electron chi connectivity index (χ2n) is 6.08. The van der Waals surface area contributed by atoms with Gasteiger partial charge in [0, 0.05) is 19.0 Å². The van der Waals surface area contributed by atoms with Gasteiger partial charge in [-0.05, 0) is 20.8 Å². The Labute approximate surface area is 152 Å². The lowest BCUT2D eigenvalue weighted by Crippen LogP contribution is -2.49. The van der Waals surface area contributed by atoms with E-state index >= 15 is 0 Å². The number of rotatable bonds is 12. The van der Waals surface area contributed by atoms with E-state index in [1.165, 1.54) is 13.8 Å². The Morgan fingerprint density at radius 3 is 2.04 bits per heavy atom. The highest BCUT2D eigenvalue weighted by Crippen LogP contribution is 2.00. The molecule has 0 aliphatic carbocycles. The third-order valence-electron chi connectivity index (χ3n) is 3.61. The number of Topliss-reactive ketones (excluding diaryl/α,β-unsaturated/α-hetero) is 1. The van der Waals surface area contributed by atoms with Crippen molar-refractivity contribution in [1.29, 1.82) is 0 Å². The zero-order valence-corrected chi connectivity index (χ0v) is 15.5. The van der Waals surface area contributed by atoms with Gasteiger partial charge in [-0.2, -0.15) is 0 Å². The van der Waals surface area contributed by atoms with E-state index in [1.807, 2.05) is 0 Å². The molecule has 0 aromatic heterocycles. The van der Waals surface area contributed by atoms with Gasteiger partial charge in [0.15, 0.2) is 5.78 Å². The molecule has 3 amide bonds. The van der Waals surface area contributed by atoms with Gasteiger partial charge < -0.3 is 26.4 Å². The van der Waals surface area contributed by atoms with Crippen molar-refractivity contribution in [3.05, 3.63) is 0 Å². The summed E-state index contributed by atoms with van der Waals surface area (Å²) in [5.41, 5.74) is 0. The van der Waals surface area contributed by atoms with Crippen LogP contribution in [-0.2, 0) is 24.0 Å². The minimum absolute atomic E-state index is 0.141. The Morgan fingerprint density at radius 2 is 1.50 bits per heavy atom. The fourth-order valence-electron chi connectivity index (χ4n) is 1.78. The summed E-state index contributed by atoms with van der Waals surface area (Å²) in [6.07, 6.45) is -0.306. The Kier molecular flexibility index (Phi) is 10.8. The first-order chi connectivity index (χ1) is 12.0. The van der Waals surface area contributed by atoms with Gasteiger partial charge >= 0.3 is 5.97 Å². The van der Waals surface area contributed by atoms with Crippen molar-refractivity contribution in [2.75, 3.05) is 19.6 Å². The molecule has 0 saturated heterocycles. The second-order valence-corrected chi connectivity index (χ2v) is 6.08. The van der Waals surface area contributed by atoms with E-state index in [1.54, 1.807) is 13.8 Å². The molecule has 0 aromatic carbocycles. The topological polar surface area (TPSA) is 154 Å². The molecule has 0 rings (SSSR count). The number of carboxylic acids is 1. The molecule has 5 N–H and O–H groups in total. The highest BCUT2D eigenvalue weighted by Gasteiger charge is 2.18. The molecular weight excluding hydrogens is 344 g/mol. The fourth-order valence-corrected chi connectivity index (χ4v) is 1.78. The van der Waals surface area contributed by atoms with Crippen molar-refractivity contribution in [3.8, 4) is 0 Å². The Bertz CT molecular complexity index is 537. The molecule has 0 aromatic rings. The van der Waals surface area contributed by atoms with Crippen LogP contribution in [0.5, 0.6) is 0 Å². The predicted molar refractivity (Wildman–Crippen MR) is 93.2 cm³/mol. The van der Waals surface area contributed by atoms with Crippen LogP contribution in [0, 0.1) is 5.92 Å². The van der Waals surface area contributed by atoms with Gasteiger partial charge in [0.2, 0.25) is 17.7 Å². The quantitative estimate of drug-likeness (QED) is 0.259. The average Bonchev–Trinajstić information content (AvgIpc) is 2.55. The van der Waals surface area contributed by atoms with Gasteiger partial charge in [-0.3, -0.25) is 24.0 Å². The maximum atomic E-state index is 11.8. The van der Waals surface area contributed by atoms with Gasteiger partial charge in [0.1, 0.15) is 0 Å². The summed E-state index contributed by atoms with van der Waals surface area (Å²) in [6.45, 7) is 6.38. The molecule has 10 nitrogen and oxygen atoms in total. The predicted octanol–water partition coefficient (Wildman–Crippen LogP) is -1.60. The van der Waals surface area contributed by atoms with Gasteiger partial charge in [-0.15, -0.1) is 0 Å². The molecule has 10 heteroatoms. The van der Waals surface area contributed by atoms with Crippen molar-refractivity contribution < 1.29 is 29.1 Å². The van der Waals surface area contributed by atoms with E-state index in [0.29, 0.717) is 6.54 Å². The molecule has 0 bridgehead atoms. The third kappa shape index (κ3) is 10.4. The first-order valence-corrected chi connectivity index (χ1v) is 8.35. The lowest BCUT2D eigenvalue weighted by atomic mass is 10.1. The second kappa shape index (κ2) is 12.0. The molecule has 0 aliphatic heterocycles. The number of amides is 3. The van der Waals surface area contributed by atoms with Crippen LogP contribution < -0.4 is 21.3 Å². The van der Waals surface area contributed by atoms with E-state index in [9.17, 15) is 24.0 Å². The summed E-state index contributed by atoms with van der Waals surface area (Å²) in [5, 5.41) is 19.0. The van der Waals surface area contributed by atoms with Gasteiger partial charge in [-0.1, -0.05) is 6.92 Å². The molecule has 0 spiro atoms. The molecule has 0 heterocycles. The van der Waals surface area contributed by atoms with E-state index in [0.717, 1.165) is 0 Å². The molecule has 3 atom stereocenters. The molecule has 0 radical (unpaired) electrons. The average molecular weight is 372 g/mol. The zero-order chi connectivity index (χ0) is 20.3. The Morgan fingerprint density at radius 1 is 0.885 bits per heavy atom. The van der Waals surface area contributed by atoms with Crippen LogP contribution in [0.3, 0.4) is 0 Å². The molecule has 148 valence electrons. The Hall–Kier alpha value is -2.49. The number of nitrogens with one attached hydrogen (secondary N) is 4. The molecule has 0 fully saturated rings. The van der Waals surface area contributed by atoms with E-state index in [4.69, 9.17) is 5.11 Å². The van der Waals surface area contributed by atoms with Crippen LogP contribution >= 0.6 is 0 Å². The van der Waals surface area contributed by atoms with E-state index in [2.05, 4.69) is 21.3 Å². The number of carbonyl (C=O) groups excluding carboxylic acids is 4. The molecule has 0 aliphatic rings. The van der Waals surface area contributed by atoms with Gasteiger partial charge in [-0.25, -0.2) is 0 Å². The third-order valence-corrected chi connectivity index (χ3v) is 3.61. The molecule has 1 unspecified atom stereocenters. The number of aliphatic carboxylic acids is 1. The number of hydrogen-bond donors (Lipinski definition) is 5. The van der Waals surface area contributed by atoms with E-state index in [-0.39, 0.29) is 31.2 Å². The largest absolute Gasteiger partial charge is 0.481 e. The number of hydrogen-bond acceptors (Lipinski definition) is 6. The van der Waals surface area contributed by atoms with Crippen molar-refractivity contribution in [2.24, 2.45) is 5.92 Å². The lowest BCUT2D eigenvalue weighted by Gasteiger charge is -2.17. The highest BCUT2D eigenvalue weighted by atomic mass is 16.4. The van der Waals surface area contributed by atoms with Crippen LogP contribution in [0.1, 0.15) is 34.1 Å². The zero-order valence-electron chi connectivity index (χ0n) is 15.5.